The molecule has 18 heavy (non-hydrogen) atoms. The lowest BCUT2D eigenvalue weighted by Gasteiger charge is -2.08. The van der Waals surface area contributed by atoms with Gasteiger partial charge in [-0.15, -0.1) is 0 Å². The number of carbonyl (C=O) groups is 1. The molecule has 0 spiro atoms. The molecule has 0 amide bonds. The average molecular weight is 248 g/mol. The number of benzene rings is 1. The lowest BCUT2D eigenvalue weighted by molar-refractivity contribution is 0.0715. The third-order valence-electron chi connectivity index (χ3n) is 2.83. The number of carbonyl (C=O) groups excluding carboxylic acids is 1. The van der Waals surface area contributed by atoms with E-state index in [4.69, 9.17) is 14.2 Å². The van der Waals surface area contributed by atoms with E-state index < -0.39 is 0 Å². The Bertz CT molecular complexity index is 503. The molecule has 0 aromatic heterocycles. The molecule has 1 aliphatic rings. The van der Waals surface area contributed by atoms with Crippen molar-refractivity contribution in [2.24, 2.45) is 0 Å². The topological polar surface area (TPSA) is 44.8 Å². The second-order valence-corrected chi connectivity index (χ2v) is 4.00. The van der Waals surface area contributed by atoms with Crippen LogP contribution in [-0.4, -0.2) is 20.2 Å². The number of allylic oxidation sites excluding steroid dienone is 1. The van der Waals surface area contributed by atoms with Gasteiger partial charge in [0.05, 0.1) is 19.8 Å². The standard InChI is InChI=1S/C14H16O4/c1-4-5-6-11-9-7-12(16-2)13(17-3)8-10(9)14(15)18-11/h6-8H,4-5H2,1-3H3. The first kappa shape index (κ1) is 12.5. The summed E-state index contributed by atoms with van der Waals surface area (Å²) in [5.74, 6) is 1.40. The summed E-state index contributed by atoms with van der Waals surface area (Å²) in [6.07, 6.45) is 3.80. The van der Waals surface area contributed by atoms with E-state index in [0.29, 0.717) is 22.8 Å². The number of cyclic esters (lactones) is 1. The van der Waals surface area contributed by atoms with Crippen molar-refractivity contribution >= 4 is 11.7 Å². The van der Waals surface area contributed by atoms with Gasteiger partial charge in [-0.1, -0.05) is 13.3 Å². The van der Waals surface area contributed by atoms with Crippen molar-refractivity contribution in [2.75, 3.05) is 14.2 Å². The van der Waals surface area contributed by atoms with E-state index in [1.807, 2.05) is 6.08 Å². The highest BCUT2D eigenvalue weighted by atomic mass is 16.5. The smallest absolute Gasteiger partial charge is 0.344 e. The van der Waals surface area contributed by atoms with E-state index in [1.165, 1.54) is 0 Å². The highest BCUT2D eigenvalue weighted by molar-refractivity contribution is 6.03. The number of hydrogen-bond donors (Lipinski definition) is 0. The van der Waals surface area contributed by atoms with E-state index in [-0.39, 0.29) is 5.97 Å². The van der Waals surface area contributed by atoms with Crippen molar-refractivity contribution in [1.29, 1.82) is 0 Å². The zero-order valence-corrected chi connectivity index (χ0v) is 10.8. The molecule has 0 unspecified atom stereocenters. The molecule has 0 saturated carbocycles. The van der Waals surface area contributed by atoms with E-state index >= 15 is 0 Å². The van der Waals surface area contributed by atoms with Crippen LogP contribution in [0.3, 0.4) is 0 Å². The Labute approximate surface area is 106 Å². The van der Waals surface area contributed by atoms with Gasteiger partial charge in [-0.05, 0) is 24.6 Å². The molecule has 1 aromatic carbocycles. The summed E-state index contributed by atoms with van der Waals surface area (Å²) < 4.78 is 15.6. The molecule has 4 heteroatoms. The summed E-state index contributed by atoms with van der Waals surface area (Å²) in [4.78, 5) is 11.7. The third kappa shape index (κ3) is 2.06. The summed E-state index contributed by atoms with van der Waals surface area (Å²) in [5.41, 5.74) is 1.29. The molecule has 2 rings (SSSR count). The first-order valence-electron chi connectivity index (χ1n) is 5.90. The maximum absolute atomic E-state index is 11.7. The molecule has 1 heterocycles. The summed E-state index contributed by atoms with van der Waals surface area (Å²) in [7, 11) is 3.11. The first-order valence-corrected chi connectivity index (χ1v) is 5.90. The van der Waals surface area contributed by atoms with Crippen LogP contribution in [-0.2, 0) is 4.74 Å². The molecule has 4 nitrogen and oxygen atoms in total. The van der Waals surface area contributed by atoms with Crippen molar-refractivity contribution in [3.63, 3.8) is 0 Å². The van der Waals surface area contributed by atoms with Gasteiger partial charge in [0.15, 0.2) is 11.5 Å². The van der Waals surface area contributed by atoms with E-state index in [2.05, 4.69) is 6.92 Å². The van der Waals surface area contributed by atoms with Gasteiger partial charge in [-0.25, -0.2) is 4.79 Å². The van der Waals surface area contributed by atoms with Crippen LogP contribution in [0, 0.1) is 0 Å². The lowest BCUT2D eigenvalue weighted by Crippen LogP contribution is -1.96. The molecule has 1 aromatic rings. The molecule has 0 atom stereocenters. The van der Waals surface area contributed by atoms with Crippen molar-refractivity contribution in [3.8, 4) is 11.5 Å². The van der Waals surface area contributed by atoms with Crippen molar-refractivity contribution in [2.45, 2.75) is 19.8 Å². The number of fused-ring (bicyclic) bond motifs is 1. The number of ether oxygens (including phenoxy) is 3. The summed E-state index contributed by atoms with van der Waals surface area (Å²) >= 11 is 0. The number of unbranched alkanes of at least 4 members (excludes halogenated alkanes) is 1. The van der Waals surface area contributed by atoms with Crippen LogP contribution in [0.4, 0.5) is 0 Å². The molecule has 0 bridgehead atoms. The van der Waals surface area contributed by atoms with Crippen LogP contribution in [0.5, 0.6) is 11.5 Å². The Morgan fingerprint density at radius 1 is 1.17 bits per heavy atom. The quantitative estimate of drug-likeness (QED) is 0.768. The fourth-order valence-electron chi connectivity index (χ4n) is 1.89. The first-order chi connectivity index (χ1) is 8.71. The number of rotatable bonds is 4. The second-order valence-electron chi connectivity index (χ2n) is 4.00. The summed E-state index contributed by atoms with van der Waals surface area (Å²) in [5, 5.41) is 0. The van der Waals surface area contributed by atoms with Gasteiger partial charge >= 0.3 is 5.97 Å². The Kier molecular flexibility index (Phi) is 3.55. The SMILES string of the molecule is CCCC=C1OC(=O)c2cc(OC)c(OC)cc21. The average Bonchev–Trinajstić information content (AvgIpc) is 2.71. The van der Waals surface area contributed by atoms with Crippen LogP contribution < -0.4 is 9.47 Å². The van der Waals surface area contributed by atoms with Gasteiger partial charge in [0.25, 0.3) is 0 Å². The highest BCUT2D eigenvalue weighted by Crippen LogP contribution is 2.38. The van der Waals surface area contributed by atoms with Crippen LogP contribution in [0.25, 0.3) is 5.76 Å². The van der Waals surface area contributed by atoms with Gasteiger partial charge in [0.1, 0.15) is 5.76 Å². The summed E-state index contributed by atoms with van der Waals surface area (Å²) in [6.45, 7) is 2.07. The van der Waals surface area contributed by atoms with Crippen molar-refractivity contribution < 1.29 is 19.0 Å². The molecule has 0 fully saturated rings. The van der Waals surface area contributed by atoms with E-state index in [9.17, 15) is 4.79 Å². The molecule has 0 radical (unpaired) electrons. The molecule has 96 valence electrons. The van der Waals surface area contributed by atoms with Crippen molar-refractivity contribution in [3.05, 3.63) is 29.3 Å². The van der Waals surface area contributed by atoms with E-state index in [1.54, 1.807) is 26.4 Å². The molecule has 1 aliphatic heterocycles. The number of hydrogen-bond acceptors (Lipinski definition) is 4. The minimum atomic E-state index is -0.340. The maximum atomic E-state index is 11.7. The number of esters is 1. The van der Waals surface area contributed by atoms with E-state index in [0.717, 1.165) is 18.4 Å². The minimum absolute atomic E-state index is 0.340. The zero-order valence-electron chi connectivity index (χ0n) is 10.8. The van der Waals surface area contributed by atoms with Crippen LogP contribution in [0.2, 0.25) is 0 Å². The Hall–Kier alpha value is -1.97. The zero-order chi connectivity index (χ0) is 13.1. The molecular formula is C14H16O4. The summed E-state index contributed by atoms with van der Waals surface area (Å²) in [6, 6.07) is 3.43. The Morgan fingerprint density at radius 2 is 1.78 bits per heavy atom. The largest absolute Gasteiger partial charge is 0.493 e. The van der Waals surface area contributed by atoms with Gasteiger partial charge in [0, 0.05) is 5.56 Å². The molecular weight excluding hydrogens is 232 g/mol. The monoisotopic (exact) mass is 248 g/mol. The van der Waals surface area contributed by atoms with Gasteiger partial charge in [-0.2, -0.15) is 0 Å². The van der Waals surface area contributed by atoms with Gasteiger partial charge in [-0.3, -0.25) is 0 Å². The Morgan fingerprint density at radius 3 is 2.33 bits per heavy atom. The predicted octanol–water partition coefficient (Wildman–Crippen LogP) is 3.02. The molecule has 0 aliphatic carbocycles. The minimum Gasteiger partial charge on any atom is -0.493 e. The predicted molar refractivity (Wildman–Crippen MR) is 67.8 cm³/mol. The van der Waals surface area contributed by atoms with Gasteiger partial charge in [0.2, 0.25) is 0 Å². The van der Waals surface area contributed by atoms with Crippen LogP contribution >= 0.6 is 0 Å². The van der Waals surface area contributed by atoms with Crippen LogP contribution in [0.15, 0.2) is 18.2 Å². The second kappa shape index (κ2) is 5.12. The highest BCUT2D eigenvalue weighted by Gasteiger charge is 2.28. The maximum Gasteiger partial charge on any atom is 0.344 e. The number of methoxy groups -OCH3 is 2. The van der Waals surface area contributed by atoms with Gasteiger partial charge < -0.3 is 14.2 Å². The lowest BCUT2D eigenvalue weighted by atomic mass is 10.1. The van der Waals surface area contributed by atoms with Crippen molar-refractivity contribution in [1.82, 2.24) is 0 Å². The fraction of sp³-hybridized carbons (Fsp3) is 0.357. The fourth-order valence-corrected chi connectivity index (χ4v) is 1.89. The normalized spacial score (nSPS) is 15.5. The molecule has 0 saturated heterocycles. The molecule has 0 N–H and O–H groups in total. The third-order valence-corrected chi connectivity index (χ3v) is 2.83. The van der Waals surface area contributed by atoms with Crippen LogP contribution in [0.1, 0.15) is 35.7 Å². The Balaban J connectivity index is 2.50.